The van der Waals surface area contributed by atoms with E-state index in [0.29, 0.717) is 11.3 Å². The first kappa shape index (κ1) is 19.8. The molecule has 136 valence electrons. The van der Waals surface area contributed by atoms with E-state index in [9.17, 15) is 9.59 Å². The number of aryl methyl sites for hydroxylation is 3. The number of nitrogens with zero attached hydrogens (tertiary/aromatic N) is 1. The molecule has 2 rings (SSSR count). The molecule has 0 radical (unpaired) electrons. The second-order valence-corrected chi connectivity index (χ2v) is 7.21. The Kier molecular flexibility index (Phi) is 6.69. The first-order valence-electron chi connectivity index (χ1n) is 8.23. The zero-order chi connectivity index (χ0) is 19.3. The van der Waals surface area contributed by atoms with Crippen molar-refractivity contribution in [3.05, 3.63) is 63.1 Å². The zero-order valence-corrected chi connectivity index (χ0v) is 16.9. The molecule has 0 saturated heterocycles. The third kappa shape index (κ3) is 5.52. The summed E-state index contributed by atoms with van der Waals surface area (Å²) in [6.45, 7) is 7.66. The Morgan fingerprint density at radius 3 is 2.19 bits per heavy atom. The summed E-state index contributed by atoms with van der Waals surface area (Å²) >= 11 is 3.32. The van der Waals surface area contributed by atoms with Crippen LogP contribution in [0.1, 0.15) is 40.4 Å². The molecule has 0 atom stereocenters. The highest BCUT2D eigenvalue weighted by Crippen LogP contribution is 2.22. The summed E-state index contributed by atoms with van der Waals surface area (Å²) in [6.07, 6.45) is 0.105. The van der Waals surface area contributed by atoms with Crippen LogP contribution in [0.5, 0.6) is 0 Å². The van der Waals surface area contributed by atoms with Crippen LogP contribution in [-0.4, -0.2) is 17.5 Å². The Bertz CT molecular complexity index is 835. The molecule has 0 heterocycles. The number of rotatable bonds is 5. The van der Waals surface area contributed by atoms with Crippen LogP contribution in [0.4, 0.5) is 5.69 Å². The average molecular weight is 416 g/mol. The molecular weight excluding hydrogens is 394 g/mol. The van der Waals surface area contributed by atoms with E-state index in [0.717, 1.165) is 26.9 Å². The molecule has 5 nitrogen and oxygen atoms in total. The molecule has 0 aliphatic heterocycles. The van der Waals surface area contributed by atoms with Gasteiger partial charge in [0.1, 0.15) is 0 Å². The van der Waals surface area contributed by atoms with E-state index < -0.39 is 0 Å². The summed E-state index contributed by atoms with van der Waals surface area (Å²) in [5.41, 5.74) is 7.52. The molecule has 0 bridgehead atoms. The summed E-state index contributed by atoms with van der Waals surface area (Å²) in [6, 6.07) is 11.0. The first-order valence-corrected chi connectivity index (χ1v) is 9.02. The predicted octanol–water partition coefficient (Wildman–Crippen LogP) is 4.51. The fraction of sp³-hybridized carbons (Fsp3) is 0.250. The van der Waals surface area contributed by atoms with Gasteiger partial charge in [0.15, 0.2) is 0 Å². The van der Waals surface area contributed by atoms with Crippen molar-refractivity contribution in [2.75, 3.05) is 5.32 Å². The van der Waals surface area contributed by atoms with E-state index in [2.05, 4.69) is 31.8 Å². The highest BCUT2D eigenvalue weighted by molar-refractivity contribution is 9.10. The molecule has 6 heteroatoms. The quantitative estimate of drug-likeness (QED) is 0.556. The molecule has 0 aromatic heterocycles. The molecular formula is C20H22BrN3O2. The SMILES string of the molecule is CC(CC(=O)Nc1c(C)cc(C)cc1C)=NNC(=O)c1ccc(Br)cc1. The minimum Gasteiger partial charge on any atom is -0.325 e. The van der Waals surface area contributed by atoms with Gasteiger partial charge < -0.3 is 5.32 Å². The lowest BCUT2D eigenvalue weighted by molar-refractivity contribution is -0.115. The van der Waals surface area contributed by atoms with Gasteiger partial charge in [-0.1, -0.05) is 33.6 Å². The highest BCUT2D eigenvalue weighted by Gasteiger charge is 2.10. The van der Waals surface area contributed by atoms with Gasteiger partial charge in [0, 0.05) is 21.4 Å². The summed E-state index contributed by atoms with van der Waals surface area (Å²) in [7, 11) is 0. The standard InChI is InChI=1S/C20H22BrN3O2/c1-12-9-13(2)19(14(3)10-12)22-18(25)11-15(4)23-24-20(26)16-5-7-17(21)8-6-16/h5-10H,11H2,1-4H3,(H,22,25)(H,24,26). The Balaban J connectivity index is 1.95. The van der Waals surface area contributed by atoms with Gasteiger partial charge in [-0.15, -0.1) is 0 Å². The maximum absolute atomic E-state index is 12.3. The van der Waals surface area contributed by atoms with Crippen molar-refractivity contribution in [2.45, 2.75) is 34.1 Å². The van der Waals surface area contributed by atoms with Crippen LogP contribution >= 0.6 is 15.9 Å². The largest absolute Gasteiger partial charge is 0.325 e. The van der Waals surface area contributed by atoms with Gasteiger partial charge in [-0.05, 0) is 63.1 Å². The van der Waals surface area contributed by atoms with Gasteiger partial charge in [-0.25, -0.2) is 5.43 Å². The van der Waals surface area contributed by atoms with Crippen LogP contribution in [0, 0.1) is 20.8 Å². The van der Waals surface area contributed by atoms with E-state index in [1.807, 2.05) is 32.9 Å². The molecule has 0 fully saturated rings. The van der Waals surface area contributed by atoms with E-state index in [4.69, 9.17) is 0 Å². The van der Waals surface area contributed by atoms with Crippen molar-refractivity contribution in [3.63, 3.8) is 0 Å². The minimum absolute atomic E-state index is 0.105. The monoisotopic (exact) mass is 415 g/mol. The van der Waals surface area contributed by atoms with Gasteiger partial charge in [-0.2, -0.15) is 5.10 Å². The molecule has 2 aromatic rings. The number of halogens is 1. The molecule has 2 N–H and O–H groups in total. The number of anilines is 1. The Hall–Kier alpha value is -2.47. The zero-order valence-electron chi connectivity index (χ0n) is 15.3. The van der Waals surface area contributed by atoms with Crippen LogP contribution in [0.25, 0.3) is 0 Å². The van der Waals surface area contributed by atoms with Crippen LogP contribution < -0.4 is 10.7 Å². The molecule has 2 amide bonds. The number of hydrogen-bond acceptors (Lipinski definition) is 3. The molecule has 0 aliphatic carbocycles. The van der Waals surface area contributed by atoms with E-state index in [1.165, 1.54) is 0 Å². The lowest BCUT2D eigenvalue weighted by Crippen LogP contribution is -2.21. The van der Waals surface area contributed by atoms with Crippen LogP contribution in [0.15, 0.2) is 46.0 Å². The summed E-state index contributed by atoms with van der Waals surface area (Å²) < 4.78 is 0.895. The Morgan fingerprint density at radius 1 is 1.04 bits per heavy atom. The van der Waals surface area contributed by atoms with Crippen LogP contribution in [0.2, 0.25) is 0 Å². The van der Waals surface area contributed by atoms with Crippen LogP contribution in [0.3, 0.4) is 0 Å². The van der Waals surface area contributed by atoms with Gasteiger partial charge in [0.25, 0.3) is 5.91 Å². The Labute approximate surface area is 162 Å². The number of amides is 2. The van der Waals surface area contributed by atoms with Crippen molar-refractivity contribution in [3.8, 4) is 0 Å². The van der Waals surface area contributed by atoms with Crippen molar-refractivity contribution in [1.82, 2.24) is 5.43 Å². The molecule has 26 heavy (non-hydrogen) atoms. The highest BCUT2D eigenvalue weighted by atomic mass is 79.9. The number of hydrazone groups is 1. The second kappa shape index (κ2) is 8.76. The lowest BCUT2D eigenvalue weighted by Gasteiger charge is -2.12. The minimum atomic E-state index is -0.317. The van der Waals surface area contributed by atoms with Crippen molar-refractivity contribution < 1.29 is 9.59 Å². The third-order valence-electron chi connectivity index (χ3n) is 3.81. The van der Waals surface area contributed by atoms with Gasteiger partial charge in [-0.3, -0.25) is 9.59 Å². The van der Waals surface area contributed by atoms with E-state index in [1.54, 1.807) is 31.2 Å². The number of nitrogens with one attached hydrogen (secondary N) is 2. The van der Waals surface area contributed by atoms with Crippen LogP contribution in [-0.2, 0) is 4.79 Å². The van der Waals surface area contributed by atoms with Gasteiger partial charge in [0.2, 0.25) is 5.91 Å². The number of hydrogen-bond donors (Lipinski definition) is 2. The molecule has 0 spiro atoms. The number of carbonyl (C=O) groups is 2. The molecule has 0 saturated carbocycles. The normalized spacial score (nSPS) is 11.2. The molecule has 0 unspecified atom stereocenters. The topological polar surface area (TPSA) is 70.6 Å². The maximum Gasteiger partial charge on any atom is 0.271 e. The smallest absolute Gasteiger partial charge is 0.271 e. The van der Waals surface area contributed by atoms with E-state index in [-0.39, 0.29) is 18.2 Å². The fourth-order valence-electron chi connectivity index (χ4n) is 2.64. The van der Waals surface area contributed by atoms with Crippen molar-refractivity contribution in [1.29, 1.82) is 0 Å². The number of benzene rings is 2. The Morgan fingerprint density at radius 2 is 1.62 bits per heavy atom. The maximum atomic E-state index is 12.3. The van der Waals surface area contributed by atoms with E-state index >= 15 is 0 Å². The summed E-state index contributed by atoms with van der Waals surface area (Å²) in [4.78, 5) is 24.3. The second-order valence-electron chi connectivity index (χ2n) is 6.29. The van der Waals surface area contributed by atoms with Crippen molar-refractivity contribution >= 4 is 39.1 Å². The van der Waals surface area contributed by atoms with Gasteiger partial charge >= 0.3 is 0 Å². The predicted molar refractivity (Wildman–Crippen MR) is 109 cm³/mol. The summed E-state index contributed by atoms with van der Waals surface area (Å²) in [5, 5.41) is 6.93. The fourth-order valence-corrected chi connectivity index (χ4v) is 2.91. The summed E-state index contributed by atoms with van der Waals surface area (Å²) in [5.74, 6) is -0.485. The van der Waals surface area contributed by atoms with Crippen molar-refractivity contribution in [2.24, 2.45) is 5.10 Å². The third-order valence-corrected chi connectivity index (χ3v) is 4.34. The lowest BCUT2D eigenvalue weighted by atomic mass is 10.0. The molecule has 2 aromatic carbocycles. The average Bonchev–Trinajstić information content (AvgIpc) is 2.56. The van der Waals surface area contributed by atoms with Gasteiger partial charge in [0.05, 0.1) is 6.42 Å². The first-order chi connectivity index (χ1) is 12.3. The number of carbonyl (C=O) groups excluding carboxylic acids is 2. The molecule has 0 aliphatic rings.